The van der Waals surface area contributed by atoms with Crippen LogP contribution in [0.4, 0.5) is 5.82 Å². The molecule has 1 aromatic heterocycles. The zero-order chi connectivity index (χ0) is 20.5. The van der Waals surface area contributed by atoms with Gasteiger partial charge in [-0.25, -0.2) is 14.5 Å². The van der Waals surface area contributed by atoms with Gasteiger partial charge in [0.25, 0.3) is 0 Å². The van der Waals surface area contributed by atoms with Crippen LogP contribution >= 0.6 is 0 Å². The highest BCUT2D eigenvalue weighted by Crippen LogP contribution is 2.32. The summed E-state index contributed by atoms with van der Waals surface area (Å²) in [7, 11) is 0. The number of aromatic nitrogens is 2. The Labute approximate surface area is 175 Å². The van der Waals surface area contributed by atoms with Crippen LogP contribution < -0.4 is 4.90 Å². The molecule has 5 rings (SSSR count). The molecule has 2 aliphatic rings. The number of cyclic esters (lactones) is 1. The molecule has 3 aromatic rings. The Hall–Kier alpha value is -3.67. The highest BCUT2D eigenvalue weighted by atomic mass is 16.6. The summed E-state index contributed by atoms with van der Waals surface area (Å²) in [6.07, 6.45) is 4.11. The fourth-order valence-electron chi connectivity index (χ4n) is 3.93. The van der Waals surface area contributed by atoms with Crippen LogP contribution in [0.1, 0.15) is 29.7 Å². The van der Waals surface area contributed by atoms with E-state index in [0.29, 0.717) is 11.6 Å². The lowest BCUT2D eigenvalue weighted by molar-refractivity contribution is -0.129. The fraction of sp³-hybridized carbons (Fsp3) is 0.208. The highest BCUT2D eigenvalue weighted by molar-refractivity contribution is 6.13. The Morgan fingerprint density at radius 3 is 2.33 bits per heavy atom. The van der Waals surface area contributed by atoms with Crippen LogP contribution in [0.15, 0.2) is 71.4 Å². The largest absolute Gasteiger partial charge is 0.402 e. The van der Waals surface area contributed by atoms with Crippen molar-refractivity contribution >= 4 is 23.8 Å². The molecule has 0 bridgehead atoms. The first-order valence-electron chi connectivity index (χ1n) is 10.2. The number of rotatable bonds is 4. The maximum atomic E-state index is 12.5. The van der Waals surface area contributed by atoms with Crippen molar-refractivity contribution in [3.8, 4) is 5.69 Å². The Kier molecular flexibility index (Phi) is 4.67. The molecule has 30 heavy (non-hydrogen) atoms. The monoisotopic (exact) mass is 398 g/mol. The number of benzene rings is 2. The minimum absolute atomic E-state index is 0.296. The van der Waals surface area contributed by atoms with Crippen LogP contribution in [0.2, 0.25) is 0 Å². The van der Waals surface area contributed by atoms with E-state index in [1.807, 2.05) is 78.3 Å². The van der Waals surface area contributed by atoms with E-state index >= 15 is 0 Å². The maximum absolute atomic E-state index is 12.5. The molecule has 150 valence electrons. The van der Waals surface area contributed by atoms with Crippen molar-refractivity contribution in [2.24, 2.45) is 4.99 Å². The van der Waals surface area contributed by atoms with Gasteiger partial charge >= 0.3 is 5.97 Å². The van der Waals surface area contributed by atoms with Crippen LogP contribution in [0.25, 0.3) is 11.8 Å². The Morgan fingerprint density at radius 2 is 1.63 bits per heavy atom. The third-order valence-corrected chi connectivity index (χ3v) is 5.41. The van der Waals surface area contributed by atoms with Crippen molar-refractivity contribution in [2.75, 3.05) is 18.0 Å². The minimum Gasteiger partial charge on any atom is -0.402 e. The zero-order valence-corrected chi connectivity index (χ0v) is 16.8. The number of aryl methyl sites for hydroxylation is 1. The highest BCUT2D eigenvalue weighted by Gasteiger charge is 2.28. The van der Waals surface area contributed by atoms with Crippen LogP contribution in [-0.2, 0) is 9.53 Å². The molecule has 0 aliphatic carbocycles. The quantitative estimate of drug-likeness (QED) is 0.490. The van der Waals surface area contributed by atoms with E-state index in [1.165, 1.54) is 0 Å². The van der Waals surface area contributed by atoms with Gasteiger partial charge in [0.1, 0.15) is 5.82 Å². The summed E-state index contributed by atoms with van der Waals surface area (Å²) in [5, 5.41) is 4.80. The molecular formula is C24H22N4O2. The summed E-state index contributed by atoms with van der Waals surface area (Å²) in [6.45, 7) is 3.90. The predicted molar refractivity (Wildman–Crippen MR) is 117 cm³/mol. The van der Waals surface area contributed by atoms with Crippen LogP contribution in [-0.4, -0.2) is 34.7 Å². The zero-order valence-electron chi connectivity index (χ0n) is 16.8. The van der Waals surface area contributed by atoms with Gasteiger partial charge in [0.15, 0.2) is 5.70 Å². The van der Waals surface area contributed by atoms with Crippen molar-refractivity contribution in [2.45, 2.75) is 19.8 Å². The van der Waals surface area contributed by atoms with Crippen molar-refractivity contribution in [3.63, 3.8) is 0 Å². The molecule has 0 radical (unpaired) electrons. The molecule has 0 saturated carbocycles. The van der Waals surface area contributed by atoms with Gasteiger partial charge < -0.3 is 9.64 Å². The smallest absolute Gasteiger partial charge is 0.363 e. The lowest BCUT2D eigenvalue weighted by atomic mass is 10.2. The Balaban J connectivity index is 1.61. The van der Waals surface area contributed by atoms with E-state index in [4.69, 9.17) is 9.84 Å². The summed E-state index contributed by atoms with van der Waals surface area (Å²) in [5.41, 5.74) is 3.83. The lowest BCUT2D eigenvalue weighted by Crippen LogP contribution is -2.22. The Bertz CT molecular complexity index is 1140. The molecule has 0 N–H and O–H groups in total. The summed E-state index contributed by atoms with van der Waals surface area (Å²) in [5.74, 6) is 0.899. The lowest BCUT2D eigenvalue weighted by Gasteiger charge is -2.20. The van der Waals surface area contributed by atoms with Crippen molar-refractivity contribution in [1.82, 2.24) is 9.78 Å². The average molecular weight is 398 g/mol. The van der Waals surface area contributed by atoms with Crippen molar-refractivity contribution < 1.29 is 9.53 Å². The van der Waals surface area contributed by atoms with Gasteiger partial charge in [-0.15, -0.1) is 0 Å². The molecule has 2 aromatic carbocycles. The number of anilines is 1. The van der Waals surface area contributed by atoms with Crippen LogP contribution in [0.5, 0.6) is 0 Å². The molecule has 0 atom stereocenters. The number of esters is 1. The summed E-state index contributed by atoms with van der Waals surface area (Å²) in [4.78, 5) is 19.3. The van der Waals surface area contributed by atoms with E-state index < -0.39 is 5.97 Å². The predicted octanol–water partition coefficient (Wildman–Crippen LogP) is 4.13. The summed E-state index contributed by atoms with van der Waals surface area (Å²) in [6, 6.07) is 19.5. The molecule has 0 unspecified atom stereocenters. The molecule has 6 nitrogen and oxygen atoms in total. The molecule has 1 saturated heterocycles. The normalized spacial score (nSPS) is 17.5. The third kappa shape index (κ3) is 3.30. The van der Waals surface area contributed by atoms with Gasteiger partial charge in [-0.2, -0.15) is 5.10 Å². The molecule has 0 spiro atoms. The van der Waals surface area contributed by atoms with E-state index in [9.17, 15) is 4.79 Å². The van der Waals surface area contributed by atoms with E-state index in [-0.39, 0.29) is 0 Å². The number of para-hydroxylation sites is 1. The standard InChI is InChI=1S/C24H22N4O2/c1-17-20(16-21-24(29)30-22(25-21)18-10-4-2-5-11-18)23(27-14-8-9-15-27)28(26-17)19-12-6-3-7-13-19/h2-7,10-13,16H,8-9,14-15H2,1H3. The molecule has 2 aliphatic heterocycles. The average Bonchev–Trinajstić information content (AvgIpc) is 3.50. The third-order valence-electron chi connectivity index (χ3n) is 5.41. The van der Waals surface area contributed by atoms with Gasteiger partial charge in [0, 0.05) is 24.2 Å². The molecule has 3 heterocycles. The first kappa shape index (κ1) is 18.4. The summed E-state index contributed by atoms with van der Waals surface area (Å²) < 4.78 is 7.40. The number of aliphatic imine (C=N–C) groups is 1. The second kappa shape index (κ2) is 7.63. The van der Waals surface area contributed by atoms with Crippen molar-refractivity contribution in [1.29, 1.82) is 0 Å². The van der Waals surface area contributed by atoms with Gasteiger partial charge in [0.2, 0.25) is 5.90 Å². The number of nitrogens with zero attached hydrogens (tertiary/aromatic N) is 4. The SMILES string of the molecule is Cc1nn(-c2ccccc2)c(N2CCCC2)c1C=C1N=C(c2ccccc2)OC1=O. The maximum Gasteiger partial charge on any atom is 0.363 e. The number of hydrogen-bond donors (Lipinski definition) is 0. The number of carbonyl (C=O) groups is 1. The molecule has 6 heteroatoms. The number of ether oxygens (including phenoxy) is 1. The molecule has 0 amide bonds. The number of carbonyl (C=O) groups excluding carboxylic acids is 1. The molecule has 1 fully saturated rings. The number of hydrogen-bond acceptors (Lipinski definition) is 5. The van der Waals surface area contributed by atoms with Crippen LogP contribution in [0, 0.1) is 6.92 Å². The topological polar surface area (TPSA) is 59.7 Å². The Morgan fingerprint density at radius 1 is 0.967 bits per heavy atom. The second-order valence-corrected chi connectivity index (χ2v) is 7.47. The summed E-state index contributed by atoms with van der Waals surface area (Å²) >= 11 is 0. The van der Waals surface area contributed by atoms with E-state index in [0.717, 1.165) is 54.3 Å². The van der Waals surface area contributed by atoms with Crippen LogP contribution in [0.3, 0.4) is 0 Å². The van der Waals surface area contributed by atoms with Gasteiger partial charge in [-0.1, -0.05) is 36.4 Å². The van der Waals surface area contributed by atoms with E-state index in [2.05, 4.69) is 9.89 Å². The van der Waals surface area contributed by atoms with Gasteiger partial charge in [-0.3, -0.25) is 0 Å². The van der Waals surface area contributed by atoms with Gasteiger partial charge in [0.05, 0.1) is 11.4 Å². The fourth-order valence-corrected chi connectivity index (χ4v) is 3.93. The second-order valence-electron chi connectivity index (χ2n) is 7.47. The van der Waals surface area contributed by atoms with E-state index in [1.54, 1.807) is 0 Å². The van der Waals surface area contributed by atoms with Crippen molar-refractivity contribution in [3.05, 3.63) is 83.2 Å². The minimum atomic E-state index is -0.437. The first-order valence-corrected chi connectivity index (χ1v) is 10.2. The molecular weight excluding hydrogens is 376 g/mol. The van der Waals surface area contributed by atoms with Gasteiger partial charge in [-0.05, 0) is 50.1 Å². The first-order chi connectivity index (χ1) is 14.7.